The maximum absolute atomic E-state index is 13.3. The third kappa shape index (κ3) is 5.30. The number of fused-ring (bicyclic) bond motifs is 1. The van der Waals surface area contributed by atoms with E-state index in [-0.39, 0.29) is 35.1 Å². The van der Waals surface area contributed by atoms with E-state index in [0.29, 0.717) is 34.3 Å². The van der Waals surface area contributed by atoms with Gasteiger partial charge in [-0.1, -0.05) is 53.5 Å². The summed E-state index contributed by atoms with van der Waals surface area (Å²) < 4.78 is 5.10. The minimum atomic E-state index is -0.720. The van der Waals surface area contributed by atoms with Gasteiger partial charge in [0, 0.05) is 5.02 Å². The predicted octanol–water partition coefficient (Wildman–Crippen LogP) is 5.86. The number of benzene rings is 3. The highest BCUT2D eigenvalue weighted by Crippen LogP contribution is 2.45. The van der Waals surface area contributed by atoms with E-state index in [2.05, 4.69) is 17.4 Å². The smallest absolute Gasteiger partial charge is 0.338 e. The van der Waals surface area contributed by atoms with Gasteiger partial charge in [0.1, 0.15) is 0 Å². The molecule has 3 aromatic carbocycles. The third-order valence-corrected chi connectivity index (χ3v) is 7.66. The Morgan fingerprint density at radius 2 is 1.61 bits per heavy atom. The van der Waals surface area contributed by atoms with E-state index in [9.17, 15) is 19.2 Å². The van der Waals surface area contributed by atoms with E-state index >= 15 is 0 Å². The van der Waals surface area contributed by atoms with Crippen molar-refractivity contribution < 1.29 is 23.9 Å². The second-order valence-electron chi connectivity index (χ2n) is 9.44. The highest BCUT2D eigenvalue weighted by atomic mass is 35.5. The van der Waals surface area contributed by atoms with E-state index < -0.39 is 18.5 Å². The fraction of sp³-hybridized carbons (Fsp3) is 0.241. The minimum Gasteiger partial charge on any atom is -0.452 e. The highest BCUT2D eigenvalue weighted by molar-refractivity contribution is 6.35. The van der Waals surface area contributed by atoms with Crippen molar-refractivity contribution in [3.05, 3.63) is 94.0 Å². The van der Waals surface area contributed by atoms with Gasteiger partial charge in [0.25, 0.3) is 5.91 Å². The van der Waals surface area contributed by atoms with Crippen molar-refractivity contribution in [2.24, 2.45) is 11.8 Å². The number of halogens is 2. The average molecular weight is 551 g/mol. The van der Waals surface area contributed by atoms with Crippen LogP contribution in [0.25, 0.3) is 0 Å². The zero-order valence-corrected chi connectivity index (χ0v) is 21.7. The molecule has 7 nitrogen and oxygen atoms in total. The van der Waals surface area contributed by atoms with Crippen molar-refractivity contribution in [1.82, 2.24) is 0 Å². The summed E-state index contributed by atoms with van der Waals surface area (Å²) in [5.41, 5.74) is 2.09. The first-order valence-electron chi connectivity index (χ1n) is 12.3. The molecule has 3 amide bonds. The van der Waals surface area contributed by atoms with Crippen molar-refractivity contribution in [1.29, 1.82) is 0 Å². The molecule has 1 aliphatic heterocycles. The topological polar surface area (TPSA) is 92.8 Å². The molecule has 5 rings (SSSR count). The summed E-state index contributed by atoms with van der Waals surface area (Å²) in [6.07, 6.45) is 2.17. The molecule has 0 unspecified atom stereocenters. The number of carbonyl (C=O) groups excluding carboxylic acids is 4. The van der Waals surface area contributed by atoms with Crippen molar-refractivity contribution in [3.8, 4) is 0 Å². The van der Waals surface area contributed by atoms with Crippen LogP contribution in [0.5, 0.6) is 0 Å². The quantitative estimate of drug-likeness (QED) is 0.306. The first-order chi connectivity index (χ1) is 18.3. The van der Waals surface area contributed by atoms with Crippen molar-refractivity contribution in [2.75, 3.05) is 16.8 Å². The summed E-state index contributed by atoms with van der Waals surface area (Å²) >= 11 is 11.9. The van der Waals surface area contributed by atoms with Gasteiger partial charge in [-0.25, -0.2) is 4.79 Å². The molecule has 3 atom stereocenters. The molecule has 0 spiro atoms. The van der Waals surface area contributed by atoms with Gasteiger partial charge >= 0.3 is 5.97 Å². The first kappa shape index (κ1) is 25.9. The van der Waals surface area contributed by atoms with Gasteiger partial charge in [-0.05, 0) is 73.2 Å². The number of hydrogen-bond acceptors (Lipinski definition) is 5. The van der Waals surface area contributed by atoms with Gasteiger partial charge in [0.05, 0.1) is 33.8 Å². The van der Waals surface area contributed by atoms with E-state index in [4.69, 9.17) is 27.9 Å². The van der Waals surface area contributed by atoms with Crippen molar-refractivity contribution in [2.45, 2.75) is 25.2 Å². The van der Waals surface area contributed by atoms with Crippen molar-refractivity contribution >= 4 is 58.3 Å². The number of hydrogen-bond donors (Lipinski definition) is 1. The normalized spacial score (nSPS) is 20.7. The van der Waals surface area contributed by atoms with Crippen LogP contribution in [0.2, 0.25) is 10.0 Å². The number of anilines is 2. The van der Waals surface area contributed by atoms with Gasteiger partial charge in [-0.2, -0.15) is 0 Å². The standard InChI is InChI=1S/C29H24Cl2N2O5/c30-20-9-13-24(31)25(15-20)32-26(34)16-38-29(37)18-6-10-21(11-7-18)33-27(35)22-12-8-19(14-23(22)28(33)36)17-4-2-1-3-5-17/h1-7,9-11,13,15,19,22-23H,8,12,14,16H2,(H,32,34)/t19-,22-,23-/m1/s1. The largest absolute Gasteiger partial charge is 0.452 e. The molecule has 1 aliphatic carbocycles. The second kappa shape index (κ2) is 11.0. The maximum Gasteiger partial charge on any atom is 0.338 e. The van der Waals surface area contributed by atoms with Crippen LogP contribution in [0.15, 0.2) is 72.8 Å². The minimum absolute atomic E-state index is 0.183. The van der Waals surface area contributed by atoms with E-state index in [1.54, 1.807) is 24.3 Å². The number of ether oxygens (including phenoxy) is 1. The summed E-state index contributed by atoms with van der Waals surface area (Å²) in [5, 5.41) is 3.23. The highest BCUT2D eigenvalue weighted by Gasteiger charge is 2.50. The predicted molar refractivity (Wildman–Crippen MR) is 144 cm³/mol. The maximum atomic E-state index is 13.3. The lowest BCUT2D eigenvalue weighted by atomic mass is 9.73. The molecule has 38 heavy (non-hydrogen) atoms. The van der Waals surface area contributed by atoms with Crippen LogP contribution in [0.4, 0.5) is 11.4 Å². The van der Waals surface area contributed by atoms with Gasteiger partial charge in [0.2, 0.25) is 11.8 Å². The molecule has 0 radical (unpaired) electrons. The fourth-order valence-electron chi connectivity index (χ4n) is 5.20. The molecule has 3 aromatic rings. The Morgan fingerprint density at radius 1 is 0.895 bits per heavy atom. The van der Waals surface area contributed by atoms with E-state index in [1.807, 2.05) is 18.2 Å². The summed E-state index contributed by atoms with van der Waals surface area (Å²) in [6, 6.07) is 20.7. The van der Waals surface area contributed by atoms with Crippen LogP contribution < -0.4 is 10.2 Å². The number of esters is 1. The van der Waals surface area contributed by atoms with Gasteiger partial charge in [-0.3, -0.25) is 19.3 Å². The lowest BCUT2D eigenvalue weighted by molar-refractivity contribution is -0.122. The number of nitrogens with zero attached hydrogens (tertiary/aromatic N) is 1. The Labute approximate surface area is 229 Å². The molecule has 1 saturated carbocycles. The number of carbonyl (C=O) groups is 4. The monoisotopic (exact) mass is 550 g/mol. The molecule has 0 bridgehead atoms. The van der Waals surface area contributed by atoms with Crippen LogP contribution in [-0.2, 0) is 19.1 Å². The van der Waals surface area contributed by atoms with E-state index in [0.717, 1.165) is 6.42 Å². The number of nitrogens with one attached hydrogen (secondary N) is 1. The molecule has 1 saturated heterocycles. The van der Waals surface area contributed by atoms with Crippen molar-refractivity contribution in [3.63, 3.8) is 0 Å². The molecule has 194 valence electrons. The van der Waals surface area contributed by atoms with Crippen LogP contribution in [0.3, 0.4) is 0 Å². The Hall–Kier alpha value is -3.68. The zero-order chi connectivity index (χ0) is 26.8. The summed E-state index contributed by atoms with van der Waals surface area (Å²) in [5.74, 6) is -2.12. The third-order valence-electron chi connectivity index (χ3n) is 7.09. The molecule has 1 N–H and O–H groups in total. The van der Waals surface area contributed by atoms with Gasteiger partial charge in [-0.15, -0.1) is 0 Å². The number of imide groups is 1. The molecular weight excluding hydrogens is 527 g/mol. The number of amides is 3. The SMILES string of the molecule is O=C(COC(=O)c1ccc(N2C(=O)[C@@H]3CC[C@@H](c4ccccc4)C[C@H]3C2=O)cc1)Nc1cc(Cl)ccc1Cl. The van der Waals surface area contributed by atoms with Gasteiger partial charge < -0.3 is 10.1 Å². The zero-order valence-electron chi connectivity index (χ0n) is 20.2. The first-order valence-corrected chi connectivity index (χ1v) is 13.0. The molecule has 2 fully saturated rings. The molecular formula is C29H24Cl2N2O5. The van der Waals surface area contributed by atoms with Gasteiger partial charge in [0.15, 0.2) is 6.61 Å². The molecule has 2 aliphatic rings. The number of rotatable bonds is 6. The van der Waals surface area contributed by atoms with E-state index in [1.165, 1.54) is 28.7 Å². The Bertz CT molecular complexity index is 1390. The molecule has 1 heterocycles. The lowest BCUT2D eigenvalue weighted by Gasteiger charge is -2.28. The second-order valence-corrected chi connectivity index (χ2v) is 10.3. The average Bonchev–Trinajstić information content (AvgIpc) is 3.19. The van der Waals surface area contributed by atoms with Crippen LogP contribution in [-0.4, -0.2) is 30.3 Å². The lowest BCUT2D eigenvalue weighted by Crippen LogP contribution is -2.30. The fourth-order valence-corrected chi connectivity index (χ4v) is 5.54. The Balaban J connectivity index is 1.20. The molecule has 9 heteroatoms. The summed E-state index contributed by atoms with van der Waals surface area (Å²) in [4.78, 5) is 52.3. The Morgan fingerprint density at radius 3 is 2.34 bits per heavy atom. The summed E-state index contributed by atoms with van der Waals surface area (Å²) in [7, 11) is 0. The van der Waals surface area contributed by atoms with Crippen LogP contribution in [0.1, 0.15) is 41.1 Å². The van der Waals surface area contributed by atoms with Crippen LogP contribution >= 0.6 is 23.2 Å². The van der Waals surface area contributed by atoms with Crippen LogP contribution in [0, 0.1) is 11.8 Å². The molecule has 0 aromatic heterocycles. The summed E-state index contributed by atoms with van der Waals surface area (Å²) in [6.45, 7) is -0.529. The Kier molecular flexibility index (Phi) is 7.49.